The molecule has 142 valence electrons. The van der Waals surface area contributed by atoms with Crippen LogP contribution in [-0.4, -0.2) is 59.2 Å². The highest BCUT2D eigenvalue weighted by Crippen LogP contribution is 2.28. The first kappa shape index (κ1) is 18.6. The van der Waals surface area contributed by atoms with E-state index in [0.29, 0.717) is 24.9 Å². The zero-order valence-corrected chi connectivity index (χ0v) is 14.8. The third kappa shape index (κ3) is 3.53. The molecule has 2 heterocycles. The number of nitrogens with one attached hydrogen (secondary N) is 1. The van der Waals surface area contributed by atoms with Crippen LogP contribution in [0.2, 0.25) is 0 Å². The zero-order valence-electron chi connectivity index (χ0n) is 14.8. The molecule has 0 spiro atoms. The molecule has 1 aromatic rings. The quantitative estimate of drug-likeness (QED) is 0.580. The second-order valence-corrected chi connectivity index (χ2v) is 6.52. The van der Waals surface area contributed by atoms with Gasteiger partial charge in [0.2, 0.25) is 5.91 Å². The molecule has 2 aliphatic rings. The Hall–Kier alpha value is -3.23. The Balaban J connectivity index is 1.59. The minimum absolute atomic E-state index is 0.292. The number of benzene rings is 1. The van der Waals surface area contributed by atoms with E-state index < -0.39 is 42.5 Å². The molecule has 2 aliphatic heterocycles. The van der Waals surface area contributed by atoms with E-state index in [4.69, 9.17) is 4.74 Å². The Morgan fingerprint density at radius 2 is 1.89 bits per heavy atom. The van der Waals surface area contributed by atoms with Crippen LogP contribution in [0.1, 0.15) is 25.3 Å². The number of carbonyl (C=O) groups is 5. The molecule has 0 unspecified atom stereocenters. The van der Waals surface area contributed by atoms with Crippen LogP contribution < -0.4 is 5.32 Å². The number of imide groups is 2. The normalized spacial score (nSPS) is 22.2. The maximum atomic E-state index is 12.7. The summed E-state index contributed by atoms with van der Waals surface area (Å²) in [5.41, 5.74) is -0.696. The fraction of sp³-hybridized carbons (Fsp3) is 0.389. The van der Waals surface area contributed by atoms with Gasteiger partial charge in [0.1, 0.15) is 12.1 Å². The van der Waals surface area contributed by atoms with E-state index in [9.17, 15) is 24.0 Å². The van der Waals surface area contributed by atoms with E-state index in [0.717, 1.165) is 9.80 Å². The Labute approximate surface area is 155 Å². The number of likely N-dealkylation sites (tertiary alicyclic amines) is 1. The van der Waals surface area contributed by atoms with Crippen molar-refractivity contribution >= 4 is 29.7 Å². The molecule has 1 aromatic carbocycles. The van der Waals surface area contributed by atoms with Crippen LogP contribution in [-0.2, 0) is 29.5 Å². The van der Waals surface area contributed by atoms with Crippen LogP contribution >= 0.6 is 0 Å². The van der Waals surface area contributed by atoms with Gasteiger partial charge in [-0.1, -0.05) is 30.3 Å². The summed E-state index contributed by atoms with van der Waals surface area (Å²) in [4.78, 5) is 62.0. The SMILES string of the molecule is C[C@]1(c2ccccc2)NC(=O)N(CC(=O)OCC(=O)N2CCCC2=O)C1=O. The summed E-state index contributed by atoms with van der Waals surface area (Å²) in [5.74, 6) is -2.41. The number of hydrogen-bond acceptors (Lipinski definition) is 6. The fourth-order valence-corrected chi connectivity index (χ4v) is 3.11. The van der Waals surface area contributed by atoms with Crippen molar-refractivity contribution in [3.05, 3.63) is 35.9 Å². The lowest BCUT2D eigenvalue weighted by Crippen LogP contribution is -2.42. The van der Waals surface area contributed by atoms with Gasteiger partial charge in [0.25, 0.3) is 11.8 Å². The van der Waals surface area contributed by atoms with Gasteiger partial charge in [-0.05, 0) is 18.9 Å². The third-order valence-electron chi connectivity index (χ3n) is 4.64. The molecule has 9 heteroatoms. The minimum Gasteiger partial charge on any atom is -0.454 e. The fourth-order valence-electron chi connectivity index (χ4n) is 3.11. The number of amides is 5. The maximum absolute atomic E-state index is 12.7. The van der Waals surface area contributed by atoms with Crippen molar-refractivity contribution in [3.8, 4) is 0 Å². The molecule has 0 aliphatic carbocycles. The van der Waals surface area contributed by atoms with E-state index in [2.05, 4.69) is 5.32 Å². The first-order chi connectivity index (χ1) is 12.8. The Morgan fingerprint density at radius 1 is 1.19 bits per heavy atom. The molecule has 0 saturated carbocycles. The van der Waals surface area contributed by atoms with Crippen LogP contribution in [0.25, 0.3) is 0 Å². The van der Waals surface area contributed by atoms with Crippen molar-refractivity contribution in [2.75, 3.05) is 19.7 Å². The van der Waals surface area contributed by atoms with Gasteiger partial charge in [-0.25, -0.2) is 4.79 Å². The first-order valence-corrected chi connectivity index (χ1v) is 8.51. The zero-order chi connectivity index (χ0) is 19.6. The molecule has 27 heavy (non-hydrogen) atoms. The molecule has 2 fully saturated rings. The number of carbonyl (C=O) groups excluding carboxylic acids is 5. The van der Waals surface area contributed by atoms with Gasteiger partial charge in [-0.2, -0.15) is 0 Å². The predicted molar refractivity (Wildman–Crippen MR) is 91.0 cm³/mol. The number of nitrogens with zero attached hydrogens (tertiary/aromatic N) is 2. The van der Waals surface area contributed by atoms with Gasteiger partial charge in [-0.3, -0.25) is 29.0 Å². The van der Waals surface area contributed by atoms with E-state index in [1.165, 1.54) is 0 Å². The second-order valence-electron chi connectivity index (χ2n) is 6.52. The lowest BCUT2D eigenvalue weighted by atomic mass is 9.92. The van der Waals surface area contributed by atoms with E-state index in [1.807, 2.05) is 0 Å². The van der Waals surface area contributed by atoms with E-state index >= 15 is 0 Å². The van der Waals surface area contributed by atoms with Gasteiger partial charge < -0.3 is 10.1 Å². The highest BCUT2D eigenvalue weighted by atomic mass is 16.5. The van der Waals surface area contributed by atoms with Crippen molar-refractivity contribution < 1.29 is 28.7 Å². The summed E-state index contributed by atoms with van der Waals surface area (Å²) in [6, 6.07) is 7.94. The van der Waals surface area contributed by atoms with Crippen molar-refractivity contribution in [2.24, 2.45) is 0 Å². The van der Waals surface area contributed by atoms with Gasteiger partial charge in [-0.15, -0.1) is 0 Å². The number of ether oxygens (including phenoxy) is 1. The molecule has 0 aromatic heterocycles. The highest BCUT2D eigenvalue weighted by molar-refractivity contribution is 6.09. The smallest absolute Gasteiger partial charge is 0.326 e. The summed E-state index contributed by atoms with van der Waals surface area (Å²) >= 11 is 0. The standard InChI is InChI=1S/C18H19N3O6/c1-18(12-6-3-2-4-7-12)16(25)21(17(26)19-18)10-15(24)27-11-14(23)20-9-5-8-13(20)22/h2-4,6-7H,5,8-11H2,1H3,(H,19,26)/t18-/m1/s1. The second kappa shape index (κ2) is 7.18. The van der Waals surface area contributed by atoms with Crippen LogP contribution in [0.3, 0.4) is 0 Å². The summed E-state index contributed by atoms with van der Waals surface area (Å²) in [6.07, 6.45) is 0.874. The summed E-state index contributed by atoms with van der Waals surface area (Å²) in [6.45, 7) is 0.632. The molecule has 5 amide bonds. The lowest BCUT2D eigenvalue weighted by Gasteiger charge is -2.22. The molecule has 2 saturated heterocycles. The minimum atomic E-state index is -1.28. The Kier molecular flexibility index (Phi) is 4.93. The maximum Gasteiger partial charge on any atom is 0.326 e. The summed E-state index contributed by atoms with van der Waals surface area (Å²) < 4.78 is 4.84. The van der Waals surface area contributed by atoms with Crippen LogP contribution in [0.5, 0.6) is 0 Å². The average molecular weight is 373 g/mol. The monoisotopic (exact) mass is 373 g/mol. The van der Waals surface area contributed by atoms with Gasteiger partial charge >= 0.3 is 12.0 Å². The van der Waals surface area contributed by atoms with E-state index in [1.54, 1.807) is 37.3 Å². The van der Waals surface area contributed by atoms with Crippen LogP contribution in [0, 0.1) is 0 Å². The van der Waals surface area contributed by atoms with Crippen molar-refractivity contribution in [3.63, 3.8) is 0 Å². The van der Waals surface area contributed by atoms with Crippen molar-refractivity contribution in [2.45, 2.75) is 25.3 Å². The highest BCUT2D eigenvalue weighted by Gasteiger charge is 2.49. The summed E-state index contributed by atoms with van der Waals surface area (Å²) in [5, 5.41) is 2.58. The molecule has 3 rings (SSSR count). The molecule has 0 bridgehead atoms. The average Bonchev–Trinajstić information content (AvgIpc) is 3.18. The first-order valence-electron chi connectivity index (χ1n) is 8.51. The number of hydrogen-bond donors (Lipinski definition) is 1. The molecule has 9 nitrogen and oxygen atoms in total. The van der Waals surface area contributed by atoms with Gasteiger partial charge in [0.15, 0.2) is 6.61 Å². The topological polar surface area (TPSA) is 113 Å². The van der Waals surface area contributed by atoms with Gasteiger partial charge in [0, 0.05) is 13.0 Å². The number of rotatable bonds is 5. The summed E-state index contributed by atoms with van der Waals surface area (Å²) in [7, 11) is 0. The van der Waals surface area contributed by atoms with Crippen molar-refractivity contribution in [1.82, 2.24) is 15.1 Å². The molecule has 1 N–H and O–H groups in total. The predicted octanol–water partition coefficient (Wildman–Crippen LogP) is 0.146. The van der Waals surface area contributed by atoms with Gasteiger partial charge in [0.05, 0.1) is 0 Å². The lowest BCUT2D eigenvalue weighted by molar-refractivity contribution is -0.155. The van der Waals surface area contributed by atoms with Crippen LogP contribution in [0.15, 0.2) is 30.3 Å². The number of urea groups is 1. The number of esters is 1. The van der Waals surface area contributed by atoms with Crippen molar-refractivity contribution in [1.29, 1.82) is 0 Å². The molecule has 1 atom stereocenters. The molecular weight excluding hydrogens is 354 g/mol. The Morgan fingerprint density at radius 3 is 2.52 bits per heavy atom. The largest absolute Gasteiger partial charge is 0.454 e. The molecular formula is C18H19N3O6. The third-order valence-corrected chi connectivity index (χ3v) is 4.64. The molecule has 0 radical (unpaired) electrons. The Bertz CT molecular complexity index is 809. The van der Waals surface area contributed by atoms with Crippen LogP contribution in [0.4, 0.5) is 4.79 Å². The van der Waals surface area contributed by atoms with E-state index in [-0.39, 0.29) is 5.91 Å².